The van der Waals surface area contributed by atoms with E-state index in [1.807, 2.05) is 0 Å². The summed E-state index contributed by atoms with van der Waals surface area (Å²) in [7, 11) is 0. The highest BCUT2D eigenvalue weighted by atomic mass is 14.0. The first-order valence-corrected chi connectivity index (χ1v) is 9.23. The summed E-state index contributed by atoms with van der Waals surface area (Å²) in [6, 6.07) is 0. The van der Waals surface area contributed by atoms with Crippen LogP contribution < -0.4 is 0 Å². The molecule has 0 aliphatic rings. The Balaban J connectivity index is 3.06. The van der Waals surface area contributed by atoms with Gasteiger partial charge < -0.3 is 0 Å². The average Bonchev–Trinajstić information content (AvgIpc) is 2.47. The molecule has 0 aliphatic carbocycles. The van der Waals surface area contributed by atoms with Crippen LogP contribution in [0.5, 0.6) is 0 Å². The maximum Gasteiger partial charge on any atom is -0.0348 e. The molecule has 0 radical (unpaired) electrons. The summed E-state index contributed by atoms with van der Waals surface area (Å²) in [6.07, 6.45) is 28.5. The third-order valence-corrected chi connectivity index (χ3v) is 3.81. The van der Waals surface area contributed by atoms with Crippen LogP contribution in [0.15, 0.2) is 24.3 Å². The van der Waals surface area contributed by atoms with Crippen molar-refractivity contribution in [3.05, 3.63) is 24.3 Å². The molecule has 0 amide bonds. The Morgan fingerprint density at radius 1 is 0.450 bits per heavy atom. The smallest absolute Gasteiger partial charge is 0.0348 e. The molecular formula is C20H38. The third-order valence-electron chi connectivity index (χ3n) is 3.81. The van der Waals surface area contributed by atoms with Gasteiger partial charge in [0, 0.05) is 0 Å². The van der Waals surface area contributed by atoms with Gasteiger partial charge in [0.15, 0.2) is 0 Å². The van der Waals surface area contributed by atoms with Gasteiger partial charge in [-0.25, -0.2) is 0 Å². The number of rotatable bonds is 15. The number of hydrogen-bond donors (Lipinski definition) is 0. The van der Waals surface area contributed by atoms with Crippen LogP contribution in [0.1, 0.15) is 104 Å². The van der Waals surface area contributed by atoms with Gasteiger partial charge in [-0.2, -0.15) is 0 Å². The maximum absolute atomic E-state index is 2.32. The standard InChI is InChI=1S/C20H38/c1-3-5-7-9-11-13-15-17-19-20-18-16-14-12-10-8-6-4-2/h7,9,11,13H,3-6,8,10,12,14-20H2,1-2H3. The highest BCUT2D eigenvalue weighted by Gasteiger charge is 1.92. The summed E-state index contributed by atoms with van der Waals surface area (Å²) in [4.78, 5) is 0. The lowest BCUT2D eigenvalue weighted by atomic mass is 10.1. The molecular weight excluding hydrogens is 240 g/mol. The Hall–Kier alpha value is -0.520. The van der Waals surface area contributed by atoms with Gasteiger partial charge in [-0.05, 0) is 19.3 Å². The van der Waals surface area contributed by atoms with Gasteiger partial charge in [-0.15, -0.1) is 0 Å². The minimum Gasteiger partial charge on any atom is -0.0846 e. The minimum absolute atomic E-state index is 1.21. The van der Waals surface area contributed by atoms with E-state index in [0.717, 1.165) is 0 Å². The molecule has 0 rings (SSSR count). The zero-order chi connectivity index (χ0) is 14.7. The minimum atomic E-state index is 1.21. The zero-order valence-electron chi connectivity index (χ0n) is 14.2. The SMILES string of the molecule is CCCC=CC=CCCCCCCCCCCCCC. The number of hydrogen-bond acceptors (Lipinski definition) is 0. The molecule has 0 aromatic heterocycles. The van der Waals surface area contributed by atoms with Crippen molar-refractivity contribution < 1.29 is 0 Å². The van der Waals surface area contributed by atoms with E-state index in [2.05, 4.69) is 38.2 Å². The molecule has 0 N–H and O–H groups in total. The van der Waals surface area contributed by atoms with Crippen LogP contribution in [-0.4, -0.2) is 0 Å². The maximum atomic E-state index is 2.32. The van der Waals surface area contributed by atoms with E-state index < -0.39 is 0 Å². The molecule has 0 atom stereocenters. The van der Waals surface area contributed by atoms with Crippen molar-refractivity contribution in [2.75, 3.05) is 0 Å². The van der Waals surface area contributed by atoms with E-state index in [4.69, 9.17) is 0 Å². The number of unbranched alkanes of at least 4 members (excludes halogenated alkanes) is 12. The van der Waals surface area contributed by atoms with Crippen molar-refractivity contribution in [2.45, 2.75) is 104 Å². The fourth-order valence-corrected chi connectivity index (χ4v) is 2.44. The molecule has 0 bridgehead atoms. The van der Waals surface area contributed by atoms with Gasteiger partial charge >= 0.3 is 0 Å². The third kappa shape index (κ3) is 17.5. The Morgan fingerprint density at radius 2 is 0.900 bits per heavy atom. The second-order valence-electron chi connectivity index (χ2n) is 5.97. The molecule has 0 aromatic rings. The first kappa shape index (κ1) is 19.5. The summed E-state index contributed by atoms with van der Waals surface area (Å²) in [5.74, 6) is 0. The predicted octanol–water partition coefficient (Wildman–Crippen LogP) is 7.60. The fourth-order valence-electron chi connectivity index (χ4n) is 2.44. The second-order valence-corrected chi connectivity index (χ2v) is 5.97. The van der Waals surface area contributed by atoms with E-state index in [9.17, 15) is 0 Å². The summed E-state index contributed by atoms with van der Waals surface area (Å²) in [5.41, 5.74) is 0. The Kier molecular flexibility index (Phi) is 18.0. The van der Waals surface area contributed by atoms with Crippen molar-refractivity contribution in [3.8, 4) is 0 Å². The van der Waals surface area contributed by atoms with Crippen LogP contribution in [0.4, 0.5) is 0 Å². The summed E-state index contributed by atoms with van der Waals surface area (Å²) in [5, 5.41) is 0. The van der Waals surface area contributed by atoms with Crippen molar-refractivity contribution in [1.82, 2.24) is 0 Å². The predicted molar refractivity (Wildman–Crippen MR) is 94.3 cm³/mol. The van der Waals surface area contributed by atoms with Gasteiger partial charge in [0.1, 0.15) is 0 Å². The first-order chi connectivity index (χ1) is 9.91. The molecule has 0 heterocycles. The van der Waals surface area contributed by atoms with Gasteiger partial charge in [0.05, 0.1) is 0 Å². The first-order valence-electron chi connectivity index (χ1n) is 9.23. The lowest BCUT2D eigenvalue weighted by Gasteiger charge is -2.01. The molecule has 20 heavy (non-hydrogen) atoms. The quantitative estimate of drug-likeness (QED) is 0.214. The van der Waals surface area contributed by atoms with Gasteiger partial charge in [-0.3, -0.25) is 0 Å². The van der Waals surface area contributed by atoms with E-state index in [0.29, 0.717) is 0 Å². The van der Waals surface area contributed by atoms with Gasteiger partial charge in [-0.1, -0.05) is 109 Å². The second kappa shape index (κ2) is 18.5. The monoisotopic (exact) mass is 278 g/mol. The topological polar surface area (TPSA) is 0 Å². The van der Waals surface area contributed by atoms with Crippen LogP contribution in [0.2, 0.25) is 0 Å². The zero-order valence-corrected chi connectivity index (χ0v) is 14.2. The molecule has 0 saturated carbocycles. The highest BCUT2D eigenvalue weighted by Crippen LogP contribution is 2.11. The Bertz CT molecular complexity index is 212. The van der Waals surface area contributed by atoms with Crippen molar-refractivity contribution in [2.24, 2.45) is 0 Å². The molecule has 0 aliphatic heterocycles. The van der Waals surface area contributed by atoms with Crippen molar-refractivity contribution >= 4 is 0 Å². The summed E-state index contributed by atoms with van der Waals surface area (Å²) >= 11 is 0. The molecule has 0 unspecified atom stereocenters. The van der Waals surface area contributed by atoms with Crippen molar-refractivity contribution in [1.29, 1.82) is 0 Å². The lowest BCUT2D eigenvalue weighted by molar-refractivity contribution is 0.550. The normalized spacial score (nSPS) is 11.9. The Labute approximate surface area is 128 Å². The van der Waals surface area contributed by atoms with Gasteiger partial charge in [0.2, 0.25) is 0 Å². The van der Waals surface area contributed by atoms with E-state index >= 15 is 0 Å². The number of allylic oxidation sites excluding steroid dienone is 4. The average molecular weight is 279 g/mol. The van der Waals surface area contributed by atoms with E-state index in [-0.39, 0.29) is 0 Å². The molecule has 0 fully saturated rings. The largest absolute Gasteiger partial charge is 0.0846 e. The Morgan fingerprint density at radius 3 is 1.40 bits per heavy atom. The molecule has 0 saturated heterocycles. The van der Waals surface area contributed by atoms with Crippen LogP contribution in [-0.2, 0) is 0 Å². The fraction of sp³-hybridized carbons (Fsp3) is 0.800. The molecule has 0 spiro atoms. The lowest BCUT2D eigenvalue weighted by Crippen LogP contribution is -1.81. The van der Waals surface area contributed by atoms with E-state index in [1.54, 1.807) is 0 Å². The van der Waals surface area contributed by atoms with Crippen molar-refractivity contribution in [3.63, 3.8) is 0 Å². The molecule has 0 nitrogen and oxygen atoms in total. The van der Waals surface area contributed by atoms with E-state index in [1.165, 1.54) is 89.9 Å². The highest BCUT2D eigenvalue weighted by molar-refractivity contribution is 5.02. The van der Waals surface area contributed by atoms with Crippen LogP contribution in [0.3, 0.4) is 0 Å². The van der Waals surface area contributed by atoms with Crippen LogP contribution >= 0.6 is 0 Å². The van der Waals surface area contributed by atoms with Crippen LogP contribution in [0.25, 0.3) is 0 Å². The molecule has 0 aromatic carbocycles. The molecule has 0 heteroatoms. The summed E-state index contributed by atoms with van der Waals surface area (Å²) < 4.78 is 0. The van der Waals surface area contributed by atoms with Crippen LogP contribution in [0, 0.1) is 0 Å². The van der Waals surface area contributed by atoms with Gasteiger partial charge in [0.25, 0.3) is 0 Å². The molecule has 118 valence electrons. The summed E-state index contributed by atoms with van der Waals surface area (Å²) in [6.45, 7) is 4.51.